The molecule has 0 heterocycles. The molecule has 2 nitrogen and oxygen atoms in total. The summed E-state index contributed by atoms with van der Waals surface area (Å²) in [7, 11) is 0. The molecule has 0 atom stereocenters. The minimum atomic E-state index is 0.569. The number of aryl methyl sites for hydroxylation is 2. The van der Waals surface area contributed by atoms with Gasteiger partial charge in [0.15, 0.2) is 0 Å². The summed E-state index contributed by atoms with van der Waals surface area (Å²) >= 11 is 3.56. The first kappa shape index (κ1) is 17.6. The molecular formula is C22H22BrNO. The molecule has 0 bridgehead atoms. The highest BCUT2D eigenvalue weighted by Gasteiger charge is 2.06. The van der Waals surface area contributed by atoms with Crippen LogP contribution >= 0.6 is 15.9 Å². The molecule has 0 saturated carbocycles. The van der Waals surface area contributed by atoms with Gasteiger partial charge in [0, 0.05) is 22.3 Å². The van der Waals surface area contributed by atoms with Crippen molar-refractivity contribution in [2.75, 3.05) is 5.32 Å². The maximum Gasteiger partial charge on any atom is 0.124 e. The SMILES string of the molecule is Cc1ccc(NCc2cc(Br)ccc2OCc2ccccc2)cc1C. The van der Waals surface area contributed by atoms with Gasteiger partial charge in [-0.25, -0.2) is 0 Å². The lowest BCUT2D eigenvalue weighted by Gasteiger charge is -2.14. The smallest absolute Gasteiger partial charge is 0.124 e. The van der Waals surface area contributed by atoms with Gasteiger partial charge in [-0.15, -0.1) is 0 Å². The maximum atomic E-state index is 6.05. The maximum absolute atomic E-state index is 6.05. The molecule has 0 fully saturated rings. The van der Waals surface area contributed by atoms with Crippen LogP contribution in [0.1, 0.15) is 22.3 Å². The highest BCUT2D eigenvalue weighted by atomic mass is 79.9. The second-order valence-electron chi connectivity index (χ2n) is 6.18. The summed E-state index contributed by atoms with van der Waals surface area (Å²) in [5, 5.41) is 3.49. The number of hydrogen-bond donors (Lipinski definition) is 1. The fourth-order valence-electron chi connectivity index (χ4n) is 2.61. The lowest BCUT2D eigenvalue weighted by Crippen LogP contribution is -2.04. The molecule has 0 saturated heterocycles. The van der Waals surface area contributed by atoms with E-state index < -0.39 is 0 Å². The van der Waals surface area contributed by atoms with Crippen LogP contribution in [0.5, 0.6) is 5.75 Å². The number of hydrogen-bond acceptors (Lipinski definition) is 2. The summed E-state index contributed by atoms with van der Waals surface area (Å²) in [5.74, 6) is 0.906. The zero-order valence-corrected chi connectivity index (χ0v) is 16.1. The summed E-state index contributed by atoms with van der Waals surface area (Å²) in [6.07, 6.45) is 0. The standard InChI is InChI=1S/C22H22BrNO/c1-16-8-10-21(12-17(16)2)24-14-19-13-20(23)9-11-22(19)25-15-18-6-4-3-5-7-18/h3-13,24H,14-15H2,1-2H3. The van der Waals surface area contributed by atoms with Crippen molar-refractivity contribution in [3.8, 4) is 5.75 Å². The fourth-order valence-corrected chi connectivity index (χ4v) is 3.02. The summed E-state index contributed by atoms with van der Waals surface area (Å²) in [6, 6.07) is 22.8. The minimum Gasteiger partial charge on any atom is -0.489 e. The van der Waals surface area contributed by atoms with Crippen molar-refractivity contribution in [1.82, 2.24) is 0 Å². The third-order valence-electron chi connectivity index (χ3n) is 4.25. The van der Waals surface area contributed by atoms with Crippen molar-refractivity contribution in [1.29, 1.82) is 0 Å². The van der Waals surface area contributed by atoms with Gasteiger partial charge in [0.1, 0.15) is 12.4 Å². The van der Waals surface area contributed by atoms with E-state index in [0.29, 0.717) is 13.2 Å². The number of benzene rings is 3. The van der Waals surface area contributed by atoms with Crippen molar-refractivity contribution < 1.29 is 4.74 Å². The average Bonchev–Trinajstić information content (AvgIpc) is 2.63. The molecule has 0 aliphatic heterocycles. The molecule has 1 N–H and O–H groups in total. The van der Waals surface area contributed by atoms with E-state index in [1.165, 1.54) is 16.7 Å². The first-order valence-corrected chi connectivity index (χ1v) is 9.17. The topological polar surface area (TPSA) is 21.3 Å². The molecule has 0 unspecified atom stereocenters. The van der Waals surface area contributed by atoms with E-state index in [1.807, 2.05) is 30.3 Å². The van der Waals surface area contributed by atoms with Crippen LogP contribution in [-0.2, 0) is 13.2 Å². The Kier molecular flexibility index (Phi) is 5.77. The lowest BCUT2D eigenvalue weighted by atomic mass is 10.1. The van der Waals surface area contributed by atoms with Gasteiger partial charge in [-0.3, -0.25) is 0 Å². The van der Waals surface area contributed by atoms with Crippen LogP contribution in [0.25, 0.3) is 0 Å². The van der Waals surface area contributed by atoms with Crippen LogP contribution in [0.4, 0.5) is 5.69 Å². The number of anilines is 1. The zero-order valence-electron chi connectivity index (χ0n) is 14.6. The van der Waals surface area contributed by atoms with Crippen LogP contribution in [0, 0.1) is 13.8 Å². The third-order valence-corrected chi connectivity index (χ3v) is 4.74. The van der Waals surface area contributed by atoms with Crippen LogP contribution in [-0.4, -0.2) is 0 Å². The van der Waals surface area contributed by atoms with Gasteiger partial charge >= 0.3 is 0 Å². The summed E-state index contributed by atoms with van der Waals surface area (Å²) in [6.45, 7) is 5.54. The normalized spacial score (nSPS) is 10.5. The molecule has 0 aromatic heterocycles. The Balaban J connectivity index is 1.71. The highest BCUT2D eigenvalue weighted by Crippen LogP contribution is 2.25. The Morgan fingerprint density at radius 1 is 0.880 bits per heavy atom. The van der Waals surface area contributed by atoms with E-state index in [1.54, 1.807) is 0 Å². The van der Waals surface area contributed by atoms with Gasteiger partial charge in [0.2, 0.25) is 0 Å². The average molecular weight is 396 g/mol. The Morgan fingerprint density at radius 2 is 1.68 bits per heavy atom. The second-order valence-corrected chi connectivity index (χ2v) is 7.09. The number of halogens is 1. The summed E-state index contributed by atoms with van der Waals surface area (Å²) in [4.78, 5) is 0. The molecule has 128 valence electrons. The van der Waals surface area contributed by atoms with Gasteiger partial charge in [0.05, 0.1) is 0 Å². The molecule has 3 rings (SSSR count). The van der Waals surface area contributed by atoms with Gasteiger partial charge in [-0.2, -0.15) is 0 Å². The van der Waals surface area contributed by atoms with Crippen molar-refractivity contribution in [2.45, 2.75) is 27.0 Å². The summed E-state index contributed by atoms with van der Waals surface area (Å²) in [5.41, 5.74) is 6.01. The molecule has 25 heavy (non-hydrogen) atoms. The van der Waals surface area contributed by atoms with Gasteiger partial charge in [0.25, 0.3) is 0 Å². The van der Waals surface area contributed by atoms with Gasteiger partial charge in [-0.1, -0.05) is 52.3 Å². The van der Waals surface area contributed by atoms with E-state index in [0.717, 1.165) is 21.5 Å². The van der Waals surface area contributed by atoms with Crippen molar-refractivity contribution in [3.05, 3.63) is 93.5 Å². The third kappa shape index (κ3) is 4.86. The van der Waals surface area contributed by atoms with E-state index in [9.17, 15) is 0 Å². The fraction of sp³-hybridized carbons (Fsp3) is 0.182. The molecule has 0 amide bonds. The summed E-state index contributed by atoms with van der Waals surface area (Å²) < 4.78 is 7.10. The van der Waals surface area contributed by atoms with Crippen LogP contribution < -0.4 is 10.1 Å². The predicted molar refractivity (Wildman–Crippen MR) is 108 cm³/mol. The Bertz CT molecular complexity index is 846. The van der Waals surface area contributed by atoms with Crippen LogP contribution in [0.15, 0.2) is 71.2 Å². The van der Waals surface area contributed by atoms with Crippen molar-refractivity contribution in [3.63, 3.8) is 0 Å². The van der Waals surface area contributed by atoms with E-state index in [4.69, 9.17) is 4.74 Å². The van der Waals surface area contributed by atoms with E-state index >= 15 is 0 Å². The molecule has 0 aliphatic rings. The first-order chi connectivity index (χ1) is 12.1. The minimum absolute atomic E-state index is 0.569. The number of rotatable bonds is 6. The van der Waals surface area contributed by atoms with Crippen LogP contribution in [0.3, 0.4) is 0 Å². The zero-order chi connectivity index (χ0) is 17.6. The molecule has 0 radical (unpaired) electrons. The van der Waals surface area contributed by atoms with Crippen molar-refractivity contribution in [2.24, 2.45) is 0 Å². The predicted octanol–water partition coefficient (Wildman–Crippen LogP) is 6.26. The largest absolute Gasteiger partial charge is 0.489 e. The second kappa shape index (κ2) is 8.21. The Labute approximate surface area is 158 Å². The molecule has 3 aromatic rings. The quantitative estimate of drug-likeness (QED) is 0.531. The number of nitrogens with one attached hydrogen (secondary N) is 1. The highest BCUT2D eigenvalue weighted by molar-refractivity contribution is 9.10. The first-order valence-electron chi connectivity index (χ1n) is 8.38. The van der Waals surface area contributed by atoms with Crippen molar-refractivity contribution >= 4 is 21.6 Å². The molecular weight excluding hydrogens is 374 g/mol. The van der Waals surface area contributed by atoms with Gasteiger partial charge in [-0.05, 0) is 60.9 Å². The molecule has 0 aliphatic carbocycles. The van der Waals surface area contributed by atoms with Gasteiger partial charge < -0.3 is 10.1 Å². The monoisotopic (exact) mass is 395 g/mol. The Hall–Kier alpha value is -2.26. The molecule has 3 aromatic carbocycles. The van der Waals surface area contributed by atoms with E-state index in [2.05, 4.69) is 71.5 Å². The van der Waals surface area contributed by atoms with E-state index in [-0.39, 0.29) is 0 Å². The molecule has 3 heteroatoms. The lowest BCUT2D eigenvalue weighted by molar-refractivity contribution is 0.303. The number of ether oxygens (including phenoxy) is 1. The molecule has 0 spiro atoms. The Morgan fingerprint density at radius 3 is 2.44 bits per heavy atom. The van der Waals surface area contributed by atoms with Crippen LogP contribution in [0.2, 0.25) is 0 Å².